The lowest BCUT2D eigenvalue weighted by atomic mass is 10.2. The number of aliphatic hydroxyl groups excluding tert-OH is 1. The van der Waals surface area contributed by atoms with Crippen LogP contribution in [0, 0.1) is 0 Å². The van der Waals surface area contributed by atoms with E-state index in [4.69, 9.17) is 11.6 Å². The standard InChI is InChI=1S/C8H9ClN4OS/c1-2-13-7(5(9)3-11-13)8(14)6-4-10-12-15-6/h3-4,8,14H,2H2,1H3. The van der Waals surface area contributed by atoms with E-state index >= 15 is 0 Å². The Morgan fingerprint density at radius 1 is 1.60 bits per heavy atom. The van der Waals surface area contributed by atoms with Gasteiger partial charge in [0, 0.05) is 6.54 Å². The van der Waals surface area contributed by atoms with E-state index in [0.29, 0.717) is 22.1 Å². The smallest absolute Gasteiger partial charge is 0.134 e. The third kappa shape index (κ3) is 1.88. The molecule has 0 amide bonds. The normalized spacial score (nSPS) is 13.0. The second kappa shape index (κ2) is 4.26. The lowest BCUT2D eigenvalue weighted by Crippen LogP contribution is -2.08. The van der Waals surface area contributed by atoms with E-state index in [0.717, 1.165) is 11.5 Å². The molecule has 0 spiro atoms. The number of aryl methyl sites for hydroxylation is 1. The molecule has 0 aliphatic carbocycles. The molecule has 0 aliphatic rings. The monoisotopic (exact) mass is 244 g/mol. The second-order valence-corrected chi connectivity index (χ2v) is 4.14. The first kappa shape index (κ1) is 10.5. The second-order valence-electron chi connectivity index (χ2n) is 2.92. The molecule has 2 rings (SSSR count). The van der Waals surface area contributed by atoms with Gasteiger partial charge < -0.3 is 5.11 Å². The first-order valence-corrected chi connectivity index (χ1v) is 5.55. The van der Waals surface area contributed by atoms with Crippen LogP contribution in [0.5, 0.6) is 0 Å². The summed E-state index contributed by atoms with van der Waals surface area (Å²) < 4.78 is 5.36. The predicted molar refractivity (Wildman–Crippen MR) is 56.9 cm³/mol. The number of hydrogen-bond acceptors (Lipinski definition) is 5. The highest BCUT2D eigenvalue weighted by Crippen LogP contribution is 2.29. The van der Waals surface area contributed by atoms with Crippen LogP contribution >= 0.6 is 23.1 Å². The molecule has 0 bridgehead atoms. The average molecular weight is 245 g/mol. The zero-order valence-corrected chi connectivity index (χ0v) is 9.53. The molecule has 80 valence electrons. The topological polar surface area (TPSA) is 63.8 Å². The maximum atomic E-state index is 10.0. The van der Waals surface area contributed by atoms with Crippen LogP contribution in [-0.2, 0) is 6.54 Å². The SMILES string of the molecule is CCn1ncc(Cl)c1C(O)c1cnns1. The number of aromatic nitrogens is 4. The fraction of sp³-hybridized carbons (Fsp3) is 0.375. The van der Waals surface area contributed by atoms with Gasteiger partial charge in [0.2, 0.25) is 0 Å². The van der Waals surface area contributed by atoms with Gasteiger partial charge in [-0.1, -0.05) is 16.1 Å². The third-order valence-electron chi connectivity index (χ3n) is 2.04. The van der Waals surface area contributed by atoms with Gasteiger partial charge in [-0.2, -0.15) is 5.10 Å². The zero-order valence-electron chi connectivity index (χ0n) is 7.96. The summed E-state index contributed by atoms with van der Waals surface area (Å²) in [6.07, 6.45) is 2.25. The van der Waals surface area contributed by atoms with Crippen molar-refractivity contribution in [1.82, 2.24) is 19.4 Å². The Morgan fingerprint density at radius 3 is 3.00 bits per heavy atom. The van der Waals surface area contributed by atoms with E-state index in [1.165, 1.54) is 12.4 Å². The van der Waals surface area contributed by atoms with Gasteiger partial charge in [0.1, 0.15) is 6.10 Å². The maximum absolute atomic E-state index is 10.0. The van der Waals surface area contributed by atoms with Crippen molar-refractivity contribution in [3.63, 3.8) is 0 Å². The van der Waals surface area contributed by atoms with E-state index < -0.39 is 6.10 Å². The van der Waals surface area contributed by atoms with Crippen molar-refractivity contribution in [3.8, 4) is 0 Å². The Hall–Kier alpha value is -0.980. The Balaban J connectivity index is 2.40. The zero-order chi connectivity index (χ0) is 10.8. The van der Waals surface area contributed by atoms with E-state index in [1.54, 1.807) is 4.68 Å². The molecular formula is C8H9ClN4OS. The molecule has 1 atom stereocenters. The molecule has 0 aliphatic heterocycles. The van der Waals surface area contributed by atoms with E-state index in [2.05, 4.69) is 14.7 Å². The largest absolute Gasteiger partial charge is 0.381 e. The minimum atomic E-state index is -0.806. The van der Waals surface area contributed by atoms with Gasteiger partial charge in [0.25, 0.3) is 0 Å². The van der Waals surface area contributed by atoms with Crippen molar-refractivity contribution in [2.24, 2.45) is 0 Å². The molecule has 5 nitrogen and oxygen atoms in total. The van der Waals surface area contributed by atoms with E-state index in [1.807, 2.05) is 6.92 Å². The summed E-state index contributed by atoms with van der Waals surface area (Å²) in [6, 6.07) is 0. The maximum Gasteiger partial charge on any atom is 0.134 e. The quantitative estimate of drug-likeness (QED) is 0.889. The molecule has 1 N–H and O–H groups in total. The van der Waals surface area contributed by atoms with Gasteiger partial charge >= 0.3 is 0 Å². The molecule has 0 aromatic carbocycles. The van der Waals surface area contributed by atoms with Gasteiger partial charge in [-0.05, 0) is 18.5 Å². The van der Waals surface area contributed by atoms with Crippen LogP contribution < -0.4 is 0 Å². The summed E-state index contributed by atoms with van der Waals surface area (Å²) in [5, 5.41) is 18.2. The van der Waals surface area contributed by atoms with Gasteiger partial charge in [0.05, 0.1) is 28.0 Å². The molecule has 7 heteroatoms. The lowest BCUT2D eigenvalue weighted by molar-refractivity contribution is 0.211. The number of rotatable bonds is 3. The molecule has 0 saturated carbocycles. The summed E-state index contributed by atoms with van der Waals surface area (Å²) in [5.41, 5.74) is 0.588. The predicted octanol–water partition coefficient (Wildman–Crippen LogP) is 1.49. The van der Waals surface area contributed by atoms with Gasteiger partial charge in [-0.15, -0.1) is 5.10 Å². The van der Waals surface area contributed by atoms with Crippen molar-refractivity contribution in [1.29, 1.82) is 0 Å². The Kier molecular flexibility index (Phi) is 2.99. The molecule has 2 heterocycles. The van der Waals surface area contributed by atoms with Crippen molar-refractivity contribution < 1.29 is 5.11 Å². The molecule has 15 heavy (non-hydrogen) atoms. The summed E-state index contributed by atoms with van der Waals surface area (Å²) in [5.74, 6) is 0. The summed E-state index contributed by atoms with van der Waals surface area (Å²) in [4.78, 5) is 0.659. The molecule has 2 aromatic heterocycles. The van der Waals surface area contributed by atoms with Crippen LogP contribution in [0.4, 0.5) is 0 Å². The first-order chi connectivity index (χ1) is 7.24. The highest BCUT2D eigenvalue weighted by Gasteiger charge is 2.20. The Bertz CT molecular complexity index is 441. The van der Waals surface area contributed by atoms with E-state index in [9.17, 15) is 5.11 Å². The minimum Gasteiger partial charge on any atom is -0.381 e. The Morgan fingerprint density at radius 2 is 2.40 bits per heavy atom. The van der Waals surface area contributed by atoms with Crippen LogP contribution in [0.15, 0.2) is 12.4 Å². The summed E-state index contributed by atoms with van der Waals surface area (Å²) in [6.45, 7) is 2.59. The number of nitrogens with zero attached hydrogens (tertiary/aromatic N) is 4. The van der Waals surface area contributed by atoms with Crippen LogP contribution in [0.3, 0.4) is 0 Å². The van der Waals surface area contributed by atoms with Crippen molar-refractivity contribution in [3.05, 3.63) is 28.0 Å². The average Bonchev–Trinajstić information content (AvgIpc) is 2.85. The van der Waals surface area contributed by atoms with Crippen LogP contribution in [0.2, 0.25) is 5.02 Å². The van der Waals surface area contributed by atoms with Gasteiger partial charge in [-0.25, -0.2) is 0 Å². The highest BCUT2D eigenvalue weighted by molar-refractivity contribution is 7.05. The summed E-state index contributed by atoms with van der Waals surface area (Å²) in [7, 11) is 0. The molecule has 2 aromatic rings. The van der Waals surface area contributed by atoms with Crippen molar-refractivity contribution >= 4 is 23.1 Å². The lowest BCUT2D eigenvalue weighted by Gasteiger charge is -2.10. The molecular weight excluding hydrogens is 236 g/mol. The number of hydrogen-bond donors (Lipinski definition) is 1. The van der Waals surface area contributed by atoms with E-state index in [-0.39, 0.29) is 0 Å². The summed E-state index contributed by atoms with van der Waals surface area (Å²) >= 11 is 7.10. The third-order valence-corrected chi connectivity index (χ3v) is 3.05. The fourth-order valence-corrected chi connectivity index (χ4v) is 2.06. The number of halogens is 1. The number of aliphatic hydroxyl groups is 1. The minimum absolute atomic E-state index is 0.456. The van der Waals surface area contributed by atoms with Crippen molar-refractivity contribution in [2.45, 2.75) is 19.6 Å². The molecule has 0 radical (unpaired) electrons. The van der Waals surface area contributed by atoms with Gasteiger partial charge in [0.15, 0.2) is 0 Å². The van der Waals surface area contributed by atoms with Crippen LogP contribution in [-0.4, -0.2) is 24.5 Å². The fourth-order valence-electron chi connectivity index (χ4n) is 1.33. The molecule has 0 fully saturated rings. The molecule has 0 saturated heterocycles. The van der Waals surface area contributed by atoms with Crippen LogP contribution in [0.1, 0.15) is 23.6 Å². The van der Waals surface area contributed by atoms with Crippen LogP contribution in [0.25, 0.3) is 0 Å². The highest BCUT2D eigenvalue weighted by atomic mass is 35.5. The van der Waals surface area contributed by atoms with Gasteiger partial charge in [-0.3, -0.25) is 4.68 Å². The molecule has 1 unspecified atom stereocenters. The Labute approximate surface area is 95.5 Å². The van der Waals surface area contributed by atoms with Crippen molar-refractivity contribution in [2.75, 3.05) is 0 Å². The first-order valence-electron chi connectivity index (χ1n) is 4.40.